The average Bonchev–Trinajstić information content (AvgIpc) is 2.38. The highest BCUT2D eigenvalue weighted by Gasteiger charge is 2.27. The Kier molecular flexibility index (Phi) is 2.14. The van der Waals surface area contributed by atoms with E-state index in [0.717, 1.165) is 19.1 Å². The topological polar surface area (TPSA) is 12.5 Å². The molecule has 2 aliphatic rings. The second-order valence-corrected chi connectivity index (χ2v) is 3.83. The fourth-order valence-electron chi connectivity index (χ4n) is 2.03. The van der Waals surface area contributed by atoms with Crippen LogP contribution in [-0.2, 0) is 4.74 Å². The Morgan fingerprint density at radius 2 is 2.09 bits per heavy atom. The lowest BCUT2D eigenvalue weighted by Gasteiger charge is -2.18. The molecule has 0 N–H and O–H groups in total. The van der Waals surface area contributed by atoms with E-state index >= 15 is 0 Å². The molecule has 0 radical (unpaired) electrons. The highest BCUT2D eigenvalue weighted by molar-refractivity contribution is 4.75. The summed E-state index contributed by atoms with van der Waals surface area (Å²) in [5, 5.41) is 0. The molecule has 2 heteroatoms. The van der Waals surface area contributed by atoms with Crippen LogP contribution in [0.2, 0.25) is 0 Å². The number of rotatable bonds is 0. The minimum atomic E-state index is 0.472. The Morgan fingerprint density at radius 3 is 3.00 bits per heavy atom. The van der Waals surface area contributed by atoms with E-state index in [2.05, 4.69) is 11.8 Å². The zero-order valence-corrected chi connectivity index (χ0v) is 7.25. The predicted octanol–water partition coefficient (Wildman–Crippen LogP) is 1.46. The fraction of sp³-hybridized carbons (Fsp3) is 1.00. The van der Waals surface area contributed by atoms with Gasteiger partial charge < -0.3 is 4.74 Å². The van der Waals surface area contributed by atoms with E-state index in [0.29, 0.717) is 6.23 Å². The highest BCUT2D eigenvalue weighted by Crippen LogP contribution is 2.24. The van der Waals surface area contributed by atoms with E-state index in [1.807, 2.05) is 0 Å². The lowest BCUT2D eigenvalue weighted by molar-refractivity contribution is 0.0331. The molecule has 2 heterocycles. The molecule has 64 valence electrons. The monoisotopic (exact) mass is 155 g/mol. The maximum Gasteiger partial charge on any atom is 0.110 e. The first kappa shape index (κ1) is 7.56. The third kappa shape index (κ3) is 1.57. The molecule has 0 bridgehead atoms. The van der Waals surface area contributed by atoms with Crippen LogP contribution in [0.5, 0.6) is 0 Å². The van der Waals surface area contributed by atoms with Crippen molar-refractivity contribution in [2.45, 2.75) is 32.4 Å². The maximum absolute atomic E-state index is 5.61. The smallest absolute Gasteiger partial charge is 0.110 e. The van der Waals surface area contributed by atoms with E-state index in [9.17, 15) is 0 Å². The van der Waals surface area contributed by atoms with Gasteiger partial charge in [-0.15, -0.1) is 0 Å². The van der Waals surface area contributed by atoms with Crippen LogP contribution in [0.25, 0.3) is 0 Å². The van der Waals surface area contributed by atoms with Crippen molar-refractivity contribution in [2.75, 3.05) is 19.7 Å². The Bertz CT molecular complexity index is 124. The van der Waals surface area contributed by atoms with Gasteiger partial charge in [0.05, 0.1) is 6.61 Å². The second-order valence-electron chi connectivity index (χ2n) is 3.83. The summed E-state index contributed by atoms with van der Waals surface area (Å²) in [5.74, 6) is 0.907. The van der Waals surface area contributed by atoms with Crippen LogP contribution < -0.4 is 0 Å². The number of nitrogens with zero attached hydrogens (tertiary/aromatic N) is 1. The first-order chi connectivity index (χ1) is 5.36. The van der Waals surface area contributed by atoms with Crippen molar-refractivity contribution in [1.29, 1.82) is 0 Å². The van der Waals surface area contributed by atoms with Crippen molar-refractivity contribution in [3.8, 4) is 0 Å². The summed E-state index contributed by atoms with van der Waals surface area (Å²) < 4.78 is 5.61. The molecule has 0 aliphatic carbocycles. The van der Waals surface area contributed by atoms with Crippen LogP contribution in [0.15, 0.2) is 0 Å². The molecular formula is C9H17NO. The highest BCUT2D eigenvalue weighted by atomic mass is 16.5. The van der Waals surface area contributed by atoms with Gasteiger partial charge in [0.2, 0.25) is 0 Å². The molecular weight excluding hydrogens is 138 g/mol. The number of ether oxygens (including phenoxy) is 1. The largest absolute Gasteiger partial charge is 0.362 e. The van der Waals surface area contributed by atoms with E-state index in [1.54, 1.807) is 0 Å². The van der Waals surface area contributed by atoms with Crippen LogP contribution in [0.3, 0.4) is 0 Å². The zero-order chi connectivity index (χ0) is 7.68. The molecule has 0 saturated carbocycles. The van der Waals surface area contributed by atoms with Crippen LogP contribution in [0, 0.1) is 5.92 Å². The standard InChI is InChI=1S/C9H17NO/c1-8-2-3-9-10(5-4-8)6-7-11-9/h8-9H,2-7H2,1H3. The van der Waals surface area contributed by atoms with E-state index < -0.39 is 0 Å². The summed E-state index contributed by atoms with van der Waals surface area (Å²) in [7, 11) is 0. The molecule has 2 unspecified atom stereocenters. The molecule has 0 aromatic carbocycles. The molecule has 0 aromatic rings. The number of fused-ring (bicyclic) bond motifs is 1. The SMILES string of the molecule is CC1CCC2OCCN2CC1. The van der Waals surface area contributed by atoms with Gasteiger partial charge in [-0.2, -0.15) is 0 Å². The van der Waals surface area contributed by atoms with E-state index in [4.69, 9.17) is 4.74 Å². The molecule has 2 aliphatic heterocycles. The van der Waals surface area contributed by atoms with Crippen molar-refractivity contribution >= 4 is 0 Å². The van der Waals surface area contributed by atoms with E-state index in [-0.39, 0.29) is 0 Å². The molecule has 11 heavy (non-hydrogen) atoms. The quantitative estimate of drug-likeness (QED) is 0.525. The fourth-order valence-corrected chi connectivity index (χ4v) is 2.03. The van der Waals surface area contributed by atoms with Gasteiger partial charge in [-0.1, -0.05) is 6.92 Å². The minimum Gasteiger partial charge on any atom is -0.362 e. The Labute approximate surface area is 68.5 Å². The lowest BCUT2D eigenvalue weighted by Crippen LogP contribution is -2.29. The molecule has 2 rings (SSSR count). The van der Waals surface area contributed by atoms with Crippen LogP contribution >= 0.6 is 0 Å². The summed E-state index contributed by atoms with van der Waals surface area (Å²) in [5.41, 5.74) is 0. The third-order valence-corrected chi connectivity index (χ3v) is 2.91. The molecule has 2 saturated heterocycles. The zero-order valence-electron chi connectivity index (χ0n) is 7.25. The van der Waals surface area contributed by atoms with Crippen molar-refractivity contribution in [1.82, 2.24) is 4.90 Å². The van der Waals surface area contributed by atoms with Crippen LogP contribution in [0.4, 0.5) is 0 Å². The van der Waals surface area contributed by atoms with Gasteiger partial charge >= 0.3 is 0 Å². The summed E-state index contributed by atoms with van der Waals surface area (Å²) in [4.78, 5) is 2.49. The van der Waals surface area contributed by atoms with Crippen molar-refractivity contribution < 1.29 is 4.74 Å². The maximum atomic E-state index is 5.61. The Balaban J connectivity index is 1.95. The average molecular weight is 155 g/mol. The predicted molar refractivity (Wildman–Crippen MR) is 44.3 cm³/mol. The first-order valence-electron chi connectivity index (χ1n) is 4.72. The Hall–Kier alpha value is -0.0800. The van der Waals surface area contributed by atoms with Crippen molar-refractivity contribution in [3.05, 3.63) is 0 Å². The normalized spacial score (nSPS) is 40.1. The molecule has 0 aromatic heterocycles. The Morgan fingerprint density at radius 1 is 1.18 bits per heavy atom. The van der Waals surface area contributed by atoms with Gasteiger partial charge in [-0.3, -0.25) is 4.90 Å². The van der Waals surface area contributed by atoms with Crippen LogP contribution in [0.1, 0.15) is 26.2 Å². The van der Waals surface area contributed by atoms with Crippen molar-refractivity contribution in [2.24, 2.45) is 5.92 Å². The van der Waals surface area contributed by atoms with Gasteiger partial charge in [-0.25, -0.2) is 0 Å². The summed E-state index contributed by atoms with van der Waals surface area (Å²) in [6, 6.07) is 0. The molecule has 0 spiro atoms. The third-order valence-electron chi connectivity index (χ3n) is 2.91. The van der Waals surface area contributed by atoms with Gasteiger partial charge in [0, 0.05) is 13.1 Å². The van der Waals surface area contributed by atoms with E-state index in [1.165, 1.54) is 25.8 Å². The molecule has 2 atom stereocenters. The summed E-state index contributed by atoms with van der Waals surface area (Å²) >= 11 is 0. The number of hydrogen-bond donors (Lipinski definition) is 0. The molecule has 2 fully saturated rings. The lowest BCUT2D eigenvalue weighted by atomic mass is 10.0. The van der Waals surface area contributed by atoms with Gasteiger partial charge in [-0.05, 0) is 25.2 Å². The summed E-state index contributed by atoms with van der Waals surface area (Å²) in [6.45, 7) is 5.73. The number of hydrogen-bond acceptors (Lipinski definition) is 2. The van der Waals surface area contributed by atoms with Gasteiger partial charge in [0.25, 0.3) is 0 Å². The first-order valence-corrected chi connectivity index (χ1v) is 4.72. The van der Waals surface area contributed by atoms with Gasteiger partial charge in [0.1, 0.15) is 6.23 Å². The van der Waals surface area contributed by atoms with Crippen molar-refractivity contribution in [3.63, 3.8) is 0 Å². The van der Waals surface area contributed by atoms with Gasteiger partial charge in [0.15, 0.2) is 0 Å². The second kappa shape index (κ2) is 3.11. The molecule has 2 nitrogen and oxygen atoms in total. The molecule has 0 amide bonds. The van der Waals surface area contributed by atoms with Crippen LogP contribution in [-0.4, -0.2) is 30.8 Å². The minimum absolute atomic E-state index is 0.472. The summed E-state index contributed by atoms with van der Waals surface area (Å²) in [6.07, 6.45) is 4.43.